The standard InChI is InChI=1S/C13H25N3O.ClH/c1-10-5-11(2)7-16(6-10)13(17)9-15-4-3-12(14)8-15;/h10-12H,3-9,14H2,1-2H3;1H/t10?,11?,12-;/m1./s1. The Hall–Kier alpha value is -0.320. The largest absolute Gasteiger partial charge is 0.341 e. The summed E-state index contributed by atoms with van der Waals surface area (Å²) in [7, 11) is 0. The van der Waals surface area contributed by atoms with Crippen LogP contribution >= 0.6 is 12.4 Å². The maximum Gasteiger partial charge on any atom is 0.236 e. The second-order valence-electron chi connectivity index (χ2n) is 6.03. The Labute approximate surface area is 116 Å². The highest BCUT2D eigenvalue weighted by Gasteiger charge is 2.28. The summed E-state index contributed by atoms with van der Waals surface area (Å²) in [5.74, 6) is 1.57. The topological polar surface area (TPSA) is 49.6 Å². The van der Waals surface area contributed by atoms with Gasteiger partial charge in [0.15, 0.2) is 0 Å². The number of carbonyl (C=O) groups excluding carboxylic acids is 1. The Balaban J connectivity index is 0.00000162. The van der Waals surface area contributed by atoms with Gasteiger partial charge in [-0.15, -0.1) is 12.4 Å². The van der Waals surface area contributed by atoms with Gasteiger partial charge >= 0.3 is 0 Å². The number of nitrogens with two attached hydrogens (primary N) is 1. The second kappa shape index (κ2) is 6.73. The van der Waals surface area contributed by atoms with E-state index in [1.54, 1.807) is 0 Å². The van der Waals surface area contributed by atoms with Crippen molar-refractivity contribution in [2.24, 2.45) is 17.6 Å². The van der Waals surface area contributed by atoms with Crippen LogP contribution < -0.4 is 5.73 Å². The number of hydrogen-bond acceptors (Lipinski definition) is 3. The molecule has 2 N–H and O–H groups in total. The molecule has 2 saturated heterocycles. The van der Waals surface area contributed by atoms with E-state index in [0.717, 1.165) is 32.6 Å². The predicted octanol–water partition coefficient (Wildman–Crippen LogP) is 0.946. The molecule has 1 amide bonds. The van der Waals surface area contributed by atoms with Crippen molar-refractivity contribution in [3.8, 4) is 0 Å². The molecule has 2 heterocycles. The number of hydrogen-bond donors (Lipinski definition) is 1. The average molecular weight is 276 g/mol. The molecule has 2 rings (SSSR count). The van der Waals surface area contributed by atoms with Crippen LogP contribution in [0.25, 0.3) is 0 Å². The molecule has 2 unspecified atom stereocenters. The Kier molecular flexibility index (Phi) is 5.89. The Morgan fingerprint density at radius 3 is 2.33 bits per heavy atom. The third kappa shape index (κ3) is 4.11. The lowest BCUT2D eigenvalue weighted by atomic mass is 9.92. The van der Waals surface area contributed by atoms with E-state index in [2.05, 4.69) is 18.7 Å². The fraction of sp³-hybridized carbons (Fsp3) is 0.923. The van der Waals surface area contributed by atoms with Crippen molar-refractivity contribution in [3.05, 3.63) is 0 Å². The molecular formula is C13H26ClN3O. The molecular weight excluding hydrogens is 250 g/mol. The summed E-state index contributed by atoms with van der Waals surface area (Å²) in [4.78, 5) is 16.4. The van der Waals surface area contributed by atoms with E-state index < -0.39 is 0 Å². The summed E-state index contributed by atoms with van der Waals surface area (Å²) in [5.41, 5.74) is 5.86. The quantitative estimate of drug-likeness (QED) is 0.816. The van der Waals surface area contributed by atoms with Gasteiger partial charge in [-0.3, -0.25) is 9.69 Å². The van der Waals surface area contributed by atoms with Crippen LogP contribution in [-0.4, -0.2) is 54.5 Å². The molecule has 3 atom stereocenters. The highest BCUT2D eigenvalue weighted by molar-refractivity contribution is 5.85. The maximum absolute atomic E-state index is 12.2. The second-order valence-corrected chi connectivity index (χ2v) is 6.03. The monoisotopic (exact) mass is 275 g/mol. The third-order valence-corrected chi connectivity index (χ3v) is 3.89. The summed E-state index contributed by atoms with van der Waals surface area (Å²) < 4.78 is 0. The Bertz CT molecular complexity index is 277. The molecule has 5 heteroatoms. The van der Waals surface area contributed by atoms with Crippen LogP contribution in [0.2, 0.25) is 0 Å². The summed E-state index contributed by atoms with van der Waals surface area (Å²) >= 11 is 0. The Morgan fingerprint density at radius 2 is 1.83 bits per heavy atom. The third-order valence-electron chi connectivity index (χ3n) is 3.89. The minimum atomic E-state index is 0. The van der Waals surface area contributed by atoms with Gasteiger partial charge in [0.05, 0.1) is 6.54 Å². The van der Waals surface area contributed by atoms with Crippen LogP contribution in [0.3, 0.4) is 0 Å². The van der Waals surface area contributed by atoms with Crippen LogP contribution in [0, 0.1) is 11.8 Å². The van der Waals surface area contributed by atoms with E-state index in [0.29, 0.717) is 18.4 Å². The molecule has 0 radical (unpaired) electrons. The fourth-order valence-electron chi connectivity index (χ4n) is 3.16. The number of amides is 1. The predicted molar refractivity (Wildman–Crippen MR) is 75.8 cm³/mol. The zero-order valence-electron chi connectivity index (χ0n) is 11.5. The first kappa shape index (κ1) is 15.7. The van der Waals surface area contributed by atoms with E-state index in [-0.39, 0.29) is 24.4 Å². The van der Waals surface area contributed by atoms with Crippen LogP contribution in [0.4, 0.5) is 0 Å². The molecule has 2 fully saturated rings. The van der Waals surface area contributed by atoms with Crippen molar-refractivity contribution in [3.63, 3.8) is 0 Å². The van der Waals surface area contributed by atoms with Crippen molar-refractivity contribution >= 4 is 18.3 Å². The van der Waals surface area contributed by atoms with Crippen molar-refractivity contribution in [2.45, 2.75) is 32.7 Å². The van der Waals surface area contributed by atoms with Crippen molar-refractivity contribution < 1.29 is 4.79 Å². The lowest BCUT2D eigenvalue weighted by molar-refractivity contribution is -0.134. The molecule has 0 aromatic rings. The molecule has 0 aliphatic carbocycles. The fourth-order valence-corrected chi connectivity index (χ4v) is 3.16. The minimum Gasteiger partial charge on any atom is -0.341 e. The van der Waals surface area contributed by atoms with Gasteiger partial charge in [-0.25, -0.2) is 0 Å². The van der Waals surface area contributed by atoms with E-state index >= 15 is 0 Å². The average Bonchev–Trinajstić information content (AvgIpc) is 2.62. The number of nitrogens with zero attached hydrogens (tertiary/aromatic N) is 2. The van der Waals surface area contributed by atoms with Gasteiger partial charge in [0.25, 0.3) is 0 Å². The van der Waals surface area contributed by atoms with Gasteiger partial charge in [0.1, 0.15) is 0 Å². The highest BCUT2D eigenvalue weighted by atomic mass is 35.5. The molecule has 2 aliphatic rings. The van der Waals surface area contributed by atoms with Crippen molar-refractivity contribution in [1.29, 1.82) is 0 Å². The van der Waals surface area contributed by atoms with E-state index in [9.17, 15) is 4.79 Å². The van der Waals surface area contributed by atoms with Crippen molar-refractivity contribution in [2.75, 3.05) is 32.7 Å². The lowest BCUT2D eigenvalue weighted by Crippen LogP contribution is -2.46. The molecule has 2 aliphatic heterocycles. The molecule has 0 spiro atoms. The number of rotatable bonds is 2. The molecule has 106 valence electrons. The summed E-state index contributed by atoms with van der Waals surface area (Å²) in [6, 6.07) is 0.266. The van der Waals surface area contributed by atoms with Gasteiger partial charge in [-0.1, -0.05) is 13.8 Å². The van der Waals surface area contributed by atoms with E-state index in [1.807, 2.05) is 4.90 Å². The SMILES string of the molecule is CC1CC(C)CN(C(=O)CN2CC[C@@H](N)C2)C1.Cl. The molecule has 18 heavy (non-hydrogen) atoms. The minimum absolute atomic E-state index is 0. The van der Waals surface area contributed by atoms with E-state index in [1.165, 1.54) is 6.42 Å². The zero-order valence-corrected chi connectivity index (χ0v) is 12.3. The molecule has 0 bridgehead atoms. The number of likely N-dealkylation sites (tertiary alicyclic amines) is 2. The van der Waals surface area contributed by atoms with Crippen LogP contribution in [0.15, 0.2) is 0 Å². The summed E-state index contributed by atoms with van der Waals surface area (Å²) in [6.45, 7) is 8.76. The molecule has 4 nitrogen and oxygen atoms in total. The number of carbonyl (C=O) groups is 1. The molecule has 0 aromatic heterocycles. The van der Waals surface area contributed by atoms with Gasteiger partial charge < -0.3 is 10.6 Å². The Morgan fingerprint density at radius 1 is 1.22 bits per heavy atom. The number of piperidine rings is 1. The molecule has 0 saturated carbocycles. The van der Waals surface area contributed by atoms with Gasteiger partial charge in [-0.05, 0) is 24.7 Å². The van der Waals surface area contributed by atoms with E-state index in [4.69, 9.17) is 5.73 Å². The van der Waals surface area contributed by atoms with Crippen molar-refractivity contribution in [1.82, 2.24) is 9.80 Å². The smallest absolute Gasteiger partial charge is 0.236 e. The van der Waals surface area contributed by atoms with Crippen LogP contribution in [0.1, 0.15) is 26.7 Å². The van der Waals surface area contributed by atoms with Crippen LogP contribution in [0.5, 0.6) is 0 Å². The van der Waals surface area contributed by atoms with Gasteiger partial charge in [-0.2, -0.15) is 0 Å². The van der Waals surface area contributed by atoms with Gasteiger partial charge in [0.2, 0.25) is 5.91 Å². The summed E-state index contributed by atoms with van der Waals surface area (Å²) in [5, 5.41) is 0. The summed E-state index contributed by atoms with van der Waals surface area (Å²) in [6.07, 6.45) is 2.28. The number of halogens is 1. The lowest BCUT2D eigenvalue weighted by Gasteiger charge is -2.35. The zero-order chi connectivity index (χ0) is 12.4. The first-order chi connectivity index (χ1) is 8.04. The normalized spacial score (nSPS) is 33.3. The highest BCUT2D eigenvalue weighted by Crippen LogP contribution is 2.21. The molecule has 0 aromatic carbocycles. The first-order valence-corrected chi connectivity index (χ1v) is 6.80. The maximum atomic E-state index is 12.2. The van der Waals surface area contributed by atoms with Crippen LogP contribution in [-0.2, 0) is 4.79 Å². The van der Waals surface area contributed by atoms with Gasteiger partial charge in [0, 0.05) is 32.2 Å². The first-order valence-electron chi connectivity index (χ1n) is 6.80.